The summed E-state index contributed by atoms with van der Waals surface area (Å²) in [5.41, 5.74) is 0. The molecule has 1 fully saturated rings. The van der Waals surface area contributed by atoms with E-state index in [-0.39, 0.29) is 12.2 Å². The van der Waals surface area contributed by atoms with Gasteiger partial charge in [-0.3, -0.25) is 4.79 Å². The minimum absolute atomic E-state index is 0.0195. The average molecular weight is 263 g/mol. The van der Waals surface area contributed by atoms with E-state index in [4.69, 9.17) is 5.11 Å². The SMILES string of the molecule is CCC(C(=O)O)S(=O)(=O)CCCN1CCCC1. The Morgan fingerprint density at radius 1 is 1.35 bits per heavy atom. The lowest BCUT2D eigenvalue weighted by molar-refractivity contribution is -0.136. The van der Waals surface area contributed by atoms with Gasteiger partial charge in [-0.15, -0.1) is 0 Å². The number of rotatable bonds is 7. The monoisotopic (exact) mass is 263 g/mol. The van der Waals surface area contributed by atoms with Crippen LogP contribution in [0.5, 0.6) is 0 Å². The molecule has 0 aromatic rings. The molecule has 1 heterocycles. The van der Waals surface area contributed by atoms with Gasteiger partial charge >= 0.3 is 5.97 Å². The third kappa shape index (κ3) is 4.27. The largest absolute Gasteiger partial charge is 0.480 e. The standard InChI is InChI=1S/C11H21NO4S/c1-2-10(11(13)14)17(15,16)9-5-8-12-6-3-4-7-12/h10H,2-9H2,1H3,(H,13,14). The molecule has 5 nitrogen and oxygen atoms in total. The maximum Gasteiger partial charge on any atom is 0.321 e. The molecule has 0 spiro atoms. The summed E-state index contributed by atoms with van der Waals surface area (Å²) in [6, 6.07) is 0. The van der Waals surface area contributed by atoms with Crippen molar-refractivity contribution in [2.45, 2.75) is 37.9 Å². The molecule has 0 radical (unpaired) electrons. The van der Waals surface area contributed by atoms with Crippen LogP contribution >= 0.6 is 0 Å². The molecule has 0 aliphatic carbocycles. The van der Waals surface area contributed by atoms with Gasteiger partial charge in [0.05, 0.1) is 5.75 Å². The smallest absolute Gasteiger partial charge is 0.321 e. The molecule has 1 aliphatic heterocycles. The number of carbonyl (C=O) groups is 1. The lowest BCUT2D eigenvalue weighted by Gasteiger charge is -2.15. The zero-order valence-corrected chi connectivity index (χ0v) is 11.1. The van der Waals surface area contributed by atoms with Gasteiger partial charge in [0.1, 0.15) is 0 Å². The Kier molecular flexibility index (Phi) is 5.39. The molecule has 100 valence electrons. The Morgan fingerprint density at radius 2 is 1.94 bits per heavy atom. The zero-order valence-electron chi connectivity index (χ0n) is 10.3. The van der Waals surface area contributed by atoms with Gasteiger partial charge in [0.15, 0.2) is 15.1 Å². The molecule has 0 aromatic heterocycles. The van der Waals surface area contributed by atoms with Gasteiger partial charge in [0, 0.05) is 0 Å². The van der Waals surface area contributed by atoms with E-state index in [2.05, 4.69) is 4.90 Å². The molecule has 0 aromatic carbocycles. The van der Waals surface area contributed by atoms with Crippen molar-refractivity contribution in [3.05, 3.63) is 0 Å². The minimum atomic E-state index is -3.49. The van der Waals surface area contributed by atoms with Crippen molar-refractivity contribution in [3.63, 3.8) is 0 Å². The summed E-state index contributed by atoms with van der Waals surface area (Å²) in [7, 11) is -3.49. The molecule has 17 heavy (non-hydrogen) atoms. The summed E-state index contributed by atoms with van der Waals surface area (Å²) in [4.78, 5) is 13.0. The molecule has 0 amide bonds. The number of carboxylic acids is 1. The second-order valence-electron chi connectivity index (χ2n) is 4.50. The summed E-state index contributed by atoms with van der Waals surface area (Å²) >= 11 is 0. The van der Waals surface area contributed by atoms with Crippen LogP contribution in [0.4, 0.5) is 0 Å². The van der Waals surface area contributed by atoms with Crippen LogP contribution in [-0.4, -0.2) is 55.0 Å². The predicted molar refractivity (Wildman–Crippen MR) is 65.8 cm³/mol. The number of carboxylic acid groups (broad SMARTS) is 1. The quantitative estimate of drug-likeness (QED) is 0.733. The molecule has 1 aliphatic rings. The van der Waals surface area contributed by atoms with E-state index in [0.717, 1.165) is 19.6 Å². The number of likely N-dealkylation sites (tertiary alicyclic amines) is 1. The van der Waals surface area contributed by atoms with E-state index in [9.17, 15) is 13.2 Å². The fourth-order valence-corrected chi connectivity index (χ4v) is 3.85. The number of nitrogens with zero attached hydrogens (tertiary/aromatic N) is 1. The van der Waals surface area contributed by atoms with Crippen LogP contribution in [-0.2, 0) is 14.6 Å². The molecule has 1 N–H and O–H groups in total. The molecule has 1 saturated heterocycles. The maximum absolute atomic E-state index is 11.8. The minimum Gasteiger partial charge on any atom is -0.480 e. The lowest BCUT2D eigenvalue weighted by Crippen LogP contribution is -2.32. The lowest BCUT2D eigenvalue weighted by atomic mass is 10.3. The van der Waals surface area contributed by atoms with E-state index in [1.807, 2.05) is 0 Å². The van der Waals surface area contributed by atoms with E-state index in [1.54, 1.807) is 6.92 Å². The first-order valence-corrected chi connectivity index (χ1v) is 7.85. The maximum atomic E-state index is 11.8. The first kappa shape index (κ1) is 14.4. The highest BCUT2D eigenvalue weighted by molar-refractivity contribution is 7.92. The van der Waals surface area contributed by atoms with Crippen molar-refractivity contribution in [1.82, 2.24) is 4.90 Å². The van der Waals surface area contributed by atoms with Crippen LogP contribution in [0.15, 0.2) is 0 Å². The molecule has 0 bridgehead atoms. The van der Waals surface area contributed by atoms with Crippen LogP contribution in [0, 0.1) is 0 Å². The van der Waals surface area contributed by atoms with Crippen LogP contribution in [0.2, 0.25) is 0 Å². The second kappa shape index (κ2) is 6.35. The third-order valence-electron chi connectivity index (χ3n) is 3.18. The van der Waals surface area contributed by atoms with Gasteiger partial charge in [-0.05, 0) is 45.3 Å². The number of hydrogen-bond donors (Lipinski definition) is 1. The molecule has 1 atom stereocenters. The van der Waals surface area contributed by atoms with E-state index in [0.29, 0.717) is 6.42 Å². The number of sulfone groups is 1. The van der Waals surface area contributed by atoms with Gasteiger partial charge in [0.25, 0.3) is 0 Å². The topological polar surface area (TPSA) is 74.7 Å². The van der Waals surface area contributed by atoms with Gasteiger partial charge in [-0.1, -0.05) is 6.92 Å². The number of aliphatic carboxylic acids is 1. The van der Waals surface area contributed by atoms with Crippen molar-refractivity contribution in [2.75, 3.05) is 25.4 Å². The van der Waals surface area contributed by atoms with Crippen molar-refractivity contribution in [2.24, 2.45) is 0 Å². The third-order valence-corrected chi connectivity index (χ3v) is 5.44. The normalized spacial score (nSPS) is 19.4. The first-order valence-electron chi connectivity index (χ1n) is 6.14. The molecular formula is C11H21NO4S. The fourth-order valence-electron chi connectivity index (χ4n) is 2.22. The molecule has 0 saturated carbocycles. The Labute approximate surface area is 103 Å². The average Bonchev–Trinajstić information content (AvgIpc) is 2.69. The van der Waals surface area contributed by atoms with Gasteiger partial charge < -0.3 is 10.0 Å². The summed E-state index contributed by atoms with van der Waals surface area (Å²) in [5, 5.41) is 7.60. The van der Waals surface area contributed by atoms with E-state index >= 15 is 0 Å². The summed E-state index contributed by atoms with van der Waals surface area (Å²) in [6.07, 6.45) is 3.03. The summed E-state index contributed by atoms with van der Waals surface area (Å²) in [5.74, 6) is -1.25. The van der Waals surface area contributed by atoms with Crippen LogP contribution in [0.25, 0.3) is 0 Å². The van der Waals surface area contributed by atoms with Gasteiger partial charge in [-0.2, -0.15) is 0 Å². The van der Waals surface area contributed by atoms with Crippen molar-refractivity contribution in [1.29, 1.82) is 0 Å². The Hall–Kier alpha value is -0.620. The number of hydrogen-bond acceptors (Lipinski definition) is 4. The Balaban J connectivity index is 2.40. The van der Waals surface area contributed by atoms with Gasteiger partial charge in [-0.25, -0.2) is 8.42 Å². The zero-order chi connectivity index (χ0) is 12.9. The predicted octanol–water partition coefficient (Wildman–Crippen LogP) is 0.750. The molecule has 1 unspecified atom stereocenters. The molecule has 1 rings (SSSR count). The van der Waals surface area contributed by atoms with Crippen LogP contribution in [0.1, 0.15) is 32.6 Å². The highest BCUT2D eigenvalue weighted by Gasteiger charge is 2.30. The summed E-state index contributed by atoms with van der Waals surface area (Å²) in [6.45, 7) is 4.43. The van der Waals surface area contributed by atoms with Crippen molar-refractivity contribution >= 4 is 15.8 Å². The van der Waals surface area contributed by atoms with E-state index < -0.39 is 21.1 Å². The van der Waals surface area contributed by atoms with Gasteiger partial charge in [0.2, 0.25) is 0 Å². The van der Waals surface area contributed by atoms with Crippen molar-refractivity contribution < 1.29 is 18.3 Å². The molecule has 6 heteroatoms. The molecular weight excluding hydrogens is 242 g/mol. The Morgan fingerprint density at radius 3 is 2.41 bits per heavy atom. The second-order valence-corrected chi connectivity index (χ2v) is 6.81. The van der Waals surface area contributed by atoms with E-state index in [1.165, 1.54) is 12.8 Å². The van der Waals surface area contributed by atoms with Crippen LogP contribution in [0.3, 0.4) is 0 Å². The van der Waals surface area contributed by atoms with Crippen LogP contribution < -0.4 is 0 Å². The fraction of sp³-hybridized carbons (Fsp3) is 0.909. The van der Waals surface area contributed by atoms with Crippen molar-refractivity contribution in [3.8, 4) is 0 Å². The highest BCUT2D eigenvalue weighted by Crippen LogP contribution is 2.11. The first-order chi connectivity index (χ1) is 7.97. The highest BCUT2D eigenvalue weighted by atomic mass is 32.2. The summed E-state index contributed by atoms with van der Waals surface area (Å²) < 4.78 is 23.6. The Bertz CT molecular complexity index is 346.